The second-order valence-corrected chi connectivity index (χ2v) is 7.69. The van der Waals surface area contributed by atoms with Gasteiger partial charge in [-0.05, 0) is 30.5 Å². The summed E-state index contributed by atoms with van der Waals surface area (Å²) in [4.78, 5) is 29.6. The monoisotopic (exact) mass is 380 g/mol. The van der Waals surface area contributed by atoms with E-state index in [9.17, 15) is 9.59 Å². The number of carbonyl (C=O) groups excluding carboxylic acids is 1. The molecule has 0 unspecified atom stereocenters. The van der Waals surface area contributed by atoms with E-state index in [1.54, 1.807) is 10.6 Å². The molecule has 27 heavy (non-hydrogen) atoms. The number of rotatable bonds is 6. The normalized spacial score (nSPS) is 16.6. The molecular weight excluding hydrogens is 360 g/mol. The van der Waals surface area contributed by atoms with Crippen molar-refractivity contribution in [2.75, 3.05) is 6.61 Å². The number of carbonyl (C=O) groups is 1. The van der Waals surface area contributed by atoms with Crippen LogP contribution < -0.4 is 5.56 Å². The zero-order chi connectivity index (χ0) is 18.6. The number of ether oxygens (including phenoxy) is 1. The van der Waals surface area contributed by atoms with E-state index in [0.717, 1.165) is 12.8 Å². The molecule has 4 rings (SSSR count). The highest BCUT2D eigenvalue weighted by molar-refractivity contribution is 8.00. The van der Waals surface area contributed by atoms with Gasteiger partial charge in [0.1, 0.15) is 5.25 Å². The number of fused-ring (bicyclic) bond motifs is 1. The molecule has 2 aromatic carbocycles. The van der Waals surface area contributed by atoms with Crippen molar-refractivity contribution in [1.29, 1.82) is 0 Å². The molecule has 3 aromatic rings. The number of cyclic esters (lactones) is 1. The first kappa shape index (κ1) is 17.8. The zero-order valence-corrected chi connectivity index (χ0v) is 15.7. The van der Waals surface area contributed by atoms with Crippen molar-refractivity contribution in [3.63, 3.8) is 0 Å². The molecule has 6 heteroatoms. The molecule has 5 nitrogen and oxygen atoms in total. The number of benzene rings is 2. The largest absolute Gasteiger partial charge is 0.465 e. The Labute approximate surface area is 161 Å². The first-order valence-electron chi connectivity index (χ1n) is 9.09. The van der Waals surface area contributed by atoms with Gasteiger partial charge in [-0.25, -0.2) is 4.98 Å². The van der Waals surface area contributed by atoms with Crippen molar-refractivity contribution >= 4 is 28.6 Å². The summed E-state index contributed by atoms with van der Waals surface area (Å²) in [6.45, 7) is 0.998. The number of thioether (sulfide) groups is 1. The van der Waals surface area contributed by atoms with E-state index in [4.69, 9.17) is 4.74 Å². The molecule has 1 saturated heterocycles. The van der Waals surface area contributed by atoms with Crippen LogP contribution in [0.2, 0.25) is 0 Å². The second-order valence-electron chi connectivity index (χ2n) is 6.52. The summed E-state index contributed by atoms with van der Waals surface area (Å²) in [7, 11) is 0. The van der Waals surface area contributed by atoms with Crippen LogP contribution >= 0.6 is 11.8 Å². The number of hydrogen-bond donors (Lipinski definition) is 0. The predicted octanol–water partition coefficient (Wildman–Crippen LogP) is 3.44. The Balaban J connectivity index is 1.63. The highest BCUT2D eigenvalue weighted by Gasteiger charge is 2.29. The van der Waals surface area contributed by atoms with E-state index in [0.29, 0.717) is 35.6 Å². The Morgan fingerprint density at radius 3 is 2.63 bits per heavy atom. The Hall–Kier alpha value is -2.60. The molecule has 0 amide bonds. The average molecular weight is 380 g/mol. The van der Waals surface area contributed by atoms with Crippen LogP contribution in [0.15, 0.2) is 64.5 Å². The second kappa shape index (κ2) is 7.96. The van der Waals surface area contributed by atoms with Crippen LogP contribution in [0.4, 0.5) is 0 Å². The molecule has 0 spiro atoms. The minimum absolute atomic E-state index is 0.0532. The van der Waals surface area contributed by atoms with Crippen molar-refractivity contribution in [3.8, 4) is 0 Å². The molecule has 0 aliphatic carbocycles. The van der Waals surface area contributed by atoms with Gasteiger partial charge in [0.15, 0.2) is 5.16 Å². The molecule has 138 valence electrons. The topological polar surface area (TPSA) is 61.2 Å². The third kappa shape index (κ3) is 3.90. The number of para-hydroxylation sites is 1. The lowest BCUT2D eigenvalue weighted by Gasteiger charge is -2.14. The number of esters is 1. The fraction of sp³-hybridized carbons (Fsp3) is 0.286. The lowest BCUT2D eigenvalue weighted by Crippen LogP contribution is -2.25. The number of aryl methyl sites for hydroxylation is 1. The fourth-order valence-corrected chi connectivity index (χ4v) is 4.32. The first-order valence-corrected chi connectivity index (χ1v) is 9.97. The molecular formula is C21H20N2O3S. The number of aromatic nitrogens is 2. The van der Waals surface area contributed by atoms with E-state index >= 15 is 0 Å². The predicted molar refractivity (Wildman–Crippen MR) is 106 cm³/mol. The molecule has 0 saturated carbocycles. The number of nitrogens with zero attached hydrogens (tertiary/aromatic N) is 2. The van der Waals surface area contributed by atoms with Gasteiger partial charge in [-0.1, -0.05) is 54.2 Å². The Kier molecular flexibility index (Phi) is 5.25. The Morgan fingerprint density at radius 1 is 1.07 bits per heavy atom. The highest BCUT2D eigenvalue weighted by atomic mass is 32.2. The van der Waals surface area contributed by atoms with E-state index in [1.807, 2.05) is 36.4 Å². The van der Waals surface area contributed by atoms with Gasteiger partial charge in [0.05, 0.1) is 17.5 Å². The molecule has 1 aliphatic heterocycles. The highest BCUT2D eigenvalue weighted by Crippen LogP contribution is 2.28. The zero-order valence-electron chi connectivity index (χ0n) is 14.8. The van der Waals surface area contributed by atoms with Crippen LogP contribution in [0.25, 0.3) is 10.9 Å². The van der Waals surface area contributed by atoms with Gasteiger partial charge in [-0.15, -0.1) is 0 Å². The van der Waals surface area contributed by atoms with E-state index in [-0.39, 0.29) is 16.8 Å². The molecule has 0 radical (unpaired) electrons. The SMILES string of the molecule is O=C1OCC[C@H]1Sc1nc2ccccc2c(=O)n1CCCc1ccccc1. The van der Waals surface area contributed by atoms with Gasteiger partial charge in [-0.2, -0.15) is 0 Å². The molecule has 0 bridgehead atoms. The summed E-state index contributed by atoms with van der Waals surface area (Å²) >= 11 is 1.34. The van der Waals surface area contributed by atoms with Crippen LogP contribution in [0, 0.1) is 0 Å². The van der Waals surface area contributed by atoms with Crippen molar-refractivity contribution in [2.24, 2.45) is 0 Å². The summed E-state index contributed by atoms with van der Waals surface area (Å²) in [5, 5.41) is 0.907. The van der Waals surface area contributed by atoms with Gasteiger partial charge in [0.25, 0.3) is 5.56 Å². The lowest BCUT2D eigenvalue weighted by atomic mass is 10.1. The molecule has 1 aliphatic rings. The molecule has 0 N–H and O–H groups in total. The van der Waals surface area contributed by atoms with E-state index in [1.165, 1.54) is 17.3 Å². The van der Waals surface area contributed by atoms with E-state index in [2.05, 4.69) is 17.1 Å². The van der Waals surface area contributed by atoms with Crippen LogP contribution in [-0.4, -0.2) is 27.4 Å². The van der Waals surface area contributed by atoms with Crippen molar-refractivity contribution in [3.05, 3.63) is 70.5 Å². The van der Waals surface area contributed by atoms with Gasteiger partial charge in [0.2, 0.25) is 0 Å². The third-order valence-electron chi connectivity index (χ3n) is 4.65. The third-order valence-corrected chi connectivity index (χ3v) is 5.89. The first-order chi connectivity index (χ1) is 13.2. The van der Waals surface area contributed by atoms with Crippen LogP contribution in [-0.2, 0) is 22.5 Å². The summed E-state index contributed by atoms with van der Waals surface area (Å²) in [5.41, 5.74) is 1.85. The molecule has 1 aromatic heterocycles. The van der Waals surface area contributed by atoms with Gasteiger partial charge < -0.3 is 4.74 Å². The van der Waals surface area contributed by atoms with Crippen LogP contribution in [0.3, 0.4) is 0 Å². The molecule has 1 fully saturated rings. The van der Waals surface area contributed by atoms with Crippen LogP contribution in [0.1, 0.15) is 18.4 Å². The minimum atomic E-state index is -0.293. The van der Waals surface area contributed by atoms with E-state index < -0.39 is 0 Å². The minimum Gasteiger partial charge on any atom is -0.465 e. The maximum atomic E-state index is 13.0. The summed E-state index contributed by atoms with van der Waals surface area (Å²) in [6.07, 6.45) is 2.36. The van der Waals surface area contributed by atoms with Crippen molar-refractivity contribution in [2.45, 2.75) is 36.2 Å². The molecule has 1 atom stereocenters. The smallest absolute Gasteiger partial charge is 0.319 e. The summed E-state index contributed by atoms with van der Waals surface area (Å²) < 4.78 is 6.77. The summed E-state index contributed by atoms with van der Waals surface area (Å²) in [6, 6.07) is 17.6. The van der Waals surface area contributed by atoms with Crippen molar-refractivity contribution < 1.29 is 9.53 Å². The molecule has 2 heterocycles. The fourth-order valence-electron chi connectivity index (χ4n) is 3.23. The van der Waals surface area contributed by atoms with Gasteiger partial charge in [-0.3, -0.25) is 14.2 Å². The Morgan fingerprint density at radius 2 is 1.85 bits per heavy atom. The maximum absolute atomic E-state index is 13.0. The summed E-state index contributed by atoms with van der Waals surface area (Å²) in [5.74, 6) is -0.224. The van der Waals surface area contributed by atoms with Crippen LogP contribution in [0.5, 0.6) is 0 Å². The maximum Gasteiger partial charge on any atom is 0.319 e. The lowest BCUT2D eigenvalue weighted by molar-refractivity contribution is -0.137. The van der Waals surface area contributed by atoms with Gasteiger partial charge >= 0.3 is 5.97 Å². The van der Waals surface area contributed by atoms with Crippen molar-refractivity contribution in [1.82, 2.24) is 9.55 Å². The average Bonchev–Trinajstić information content (AvgIpc) is 3.10. The number of hydrogen-bond acceptors (Lipinski definition) is 5. The van der Waals surface area contributed by atoms with Gasteiger partial charge in [0, 0.05) is 13.0 Å². The standard InChI is InChI=1S/C21H20N2O3S/c24-19-16-10-4-5-11-17(16)22-21(27-18-12-14-26-20(18)25)23(19)13-6-9-15-7-2-1-3-8-15/h1-5,7-8,10-11,18H,6,9,12-14H2/t18-/m1/s1. The quantitative estimate of drug-likeness (QED) is 0.484. The Bertz CT molecular complexity index is 1020.